The van der Waals surface area contributed by atoms with Crippen LogP contribution >= 0.6 is 0 Å². The van der Waals surface area contributed by atoms with Gasteiger partial charge in [-0.05, 0) is 49.7 Å². The van der Waals surface area contributed by atoms with E-state index in [2.05, 4.69) is 5.32 Å². The largest absolute Gasteiger partial charge is 0.338 e. The van der Waals surface area contributed by atoms with Crippen LogP contribution < -0.4 is 10.2 Å². The summed E-state index contributed by atoms with van der Waals surface area (Å²) >= 11 is 0. The van der Waals surface area contributed by atoms with Crippen LogP contribution in [-0.2, 0) is 6.42 Å². The van der Waals surface area contributed by atoms with Crippen LogP contribution in [0.2, 0.25) is 0 Å². The second-order valence-corrected chi connectivity index (χ2v) is 5.36. The lowest BCUT2D eigenvalue weighted by atomic mass is 10.0. The molecule has 1 N–H and O–H groups in total. The molecule has 110 valence electrons. The summed E-state index contributed by atoms with van der Waals surface area (Å²) in [6.45, 7) is 2.66. The average Bonchev–Trinajstić information content (AvgIpc) is 2.89. The van der Waals surface area contributed by atoms with E-state index >= 15 is 0 Å². The van der Waals surface area contributed by atoms with Gasteiger partial charge in [-0.25, -0.2) is 8.78 Å². The molecule has 0 saturated heterocycles. The lowest BCUT2D eigenvalue weighted by Gasteiger charge is -2.26. The molecule has 1 atom stereocenters. The molecule has 4 heteroatoms. The average molecular weight is 288 g/mol. The van der Waals surface area contributed by atoms with Crippen molar-refractivity contribution >= 4 is 11.4 Å². The van der Waals surface area contributed by atoms with Gasteiger partial charge in [0.15, 0.2) is 0 Å². The van der Waals surface area contributed by atoms with E-state index < -0.39 is 0 Å². The van der Waals surface area contributed by atoms with Crippen molar-refractivity contribution in [3.63, 3.8) is 0 Å². The minimum atomic E-state index is -0.291. The van der Waals surface area contributed by atoms with Gasteiger partial charge in [0.05, 0.1) is 5.69 Å². The first-order valence-electron chi connectivity index (χ1n) is 7.13. The minimum Gasteiger partial charge on any atom is -0.338 e. The molecule has 0 aliphatic carbocycles. The number of nitrogens with zero attached hydrogens (tertiary/aromatic N) is 1. The van der Waals surface area contributed by atoms with Crippen LogP contribution in [0.3, 0.4) is 0 Å². The van der Waals surface area contributed by atoms with Crippen molar-refractivity contribution in [2.24, 2.45) is 0 Å². The standard InChI is InChI=1S/C17H18F2N2/c1-11(20-2)14-4-3-5-15(19)17(14)21-9-8-12-6-7-13(18)10-16(12)21/h3-7,10-11,20H,8-9H2,1-2H3. The zero-order valence-corrected chi connectivity index (χ0v) is 12.2. The third-order valence-electron chi connectivity index (χ3n) is 4.13. The molecule has 1 aliphatic rings. The monoisotopic (exact) mass is 288 g/mol. The van der Waals surface area contributed by atoms with E-state index in [1.165, 1.54) is 18.2 Å². The van der Waals surface area contributed by atoms with Crippen molar-refractivity contribution < 1.29 is 8.78 Å². The smallest absolute Gasteiger partial charge is 0.147 e. The van der Waals surface area contributed by atoms with Crippen LogP contribution in [0.15, 0.2) is 36.4 Å². The molecule has 2 aromatic rings. The first-order chi connectivity index (χ1) is 10.1. The van der Waals surface area contributed by atoms with Crippen LogP contribution in [0.1, 0.15) is 24.1 Å². The third-order valence-corrected chi connectivity index (χ3v) is 4.13. The highest BCUT2D eigenvalue weighted by Gasteiger charge is 2.26. The second-order valence-electron chi connectivity index (χ2n) is 5.36. The highest BCUT2D eigenvalue weighted by Crippen LogP contribution is 2.39. The summed E-state index contributed by atoms with van der Waals surface area (Å²) in [7, 11) is 1.84. The highest BCUT2D eigenvalue weighted by molar-refractivity contribution is 5.73. The summed E-state index contributed by atoms with van der Waals surface area (Å²) in [6, 6.07) is 9.84. The fourth-order valence-corrected chi connectivity index (χ4v) is 2.91. The summed E-state index contributed by atoms with van der Waals surface area (Å²) in [5, 5.41) is 3.14. The summed E-state index contributed by atoms with van der Waals surface area (Å²) < 4.78 is 28.0. The topological polar surface area (TPSA) is 15.3 Å². The van der Waals surface area contributed by atoms with Crippen molar-refractivity contribution in [2.45, 2.75) is 19.4 Å². The lowest BCUT2D eigenvalue weighted by Crippen LogP contribution is -2.21. The number of benzene rings is 2. The van der Waals surface area contributed by atoms with Gasteiger partial charge in [0.2, 0.25) is 0 Å². The molecule has 1 unspecified atom stereocenters. The maximum absolute atomic E-state index is 14.4. The number of halogens is 2. The van der Waals surface area contributed by atoms with Gasteiger partial charge in [-0.1, -0.05) is 18.2 Å². The van der Waals surface area contributed by atoms with Crippen LogP contribution in [0.4, 0.5) is 20.2 Å². The lowest BCUT2D eigenvalue weighted by molar-refractivity contribution is 0.606. The molecule has 3 rings (SSSR count). The van der Waals surface area contributed by atoms with Crippen LogP contribution in [0.5, 0.6) is 0 Å². The van der Waals surface area contributed by atoms with Gasteiger partial charge in [-0.3, -0.25) is 0 Å². The number of anilines is 2. The SMILES string of the molecule is CNC(C)c1cccc(F)c1N1CCc2ccc(F)cc21. The van der Waals surface area contributed by atoms with E-state index in [-0.39, 0.29) is 17.7 Å². The minimum absolute atomic E-state index is 0.0216. The van der Waals surface area contributed by atoms with Gasteiger partial charge < -0.3 is 10.2 Å². The van der Waals surface area contributed by atoms with Crippen molar-refractivity contribution in [3.8, 4) is 0 Å². The molecule has 0 aromatic heterocycles. The molecule has 0 spiro atoms. The van der Waals surface area contributed by atoms with Crippen molar-refractivity contribution in [3.05, 3.63) is 59.2 Å². The Morgan fingerprint density at radius 2 is 2.00 bits per heavy atom. The van der Waals surface area contributed by atoms with Crippen molar-refractivity contribution in [2.75, 3.05) is 18.5 Å². The normalized spacial score (nSPS) is 15.1. The van der Waals surface area contributed by atoms with Crippen molar-refractivity contribution in [1.29, 1.82) is 0 Å². The summed E-state index contributed by atoms with van der Waals surface area (Å²) in [5.74, 6) is -0.563. The predicted molar refractivity (Wildman–Crippen MR) is 81.0 cm³/mol. The summed E-state index contributed by atoms with van der Waals surface area (Å²) in [6.07, 6.45) is 0.803. The predicted octanol–water partition coefficient (Wildman–Crippen LogP) is 3.94. The molecular weight excluding hydrogens is 270 g/mol. The molecule has 2 nitrogen and oxygen atoms in total. The fourth-order valence-electron chi connectivity index (χ4n) is 2.91. The molecule has 21 heavy (non-hydrogen) atoms. The Kier molecular flexibility index (Phi) is 3.64. The molecule has 1 aliphatic heterocycles. The van der Waals surface area contributed by atoms with E-state index in [1.54, 1.807) is 12.1 Å². The molecule has 0 amide bonds. The molecule has 2 aromatic carbocycles. The Labute approximate surface area is 123 Å². The Bertz CT molecular complexity index is 670. The highest BCUT2D eigenvalue weighted by atomic mass is 19.1. The van der Waals surface area contributed by atoms with Crippen LogP contribution in [0.25, 0.3) is 0 Å². The summed E-state index contributed by atoms with van der Waals surface area (Å²) in [4.78, 5) is 1.89. The van der Waals surface area contributed by atoms with E-state index in [9.17, 15) is 8.78 Å². The number of para-hydroxylation sites is 1. The van der Waals surface area contributed by atoms with Crippen molar-refractivity contribution in [1.82, 2.24) is 5.32 Å². The Hall–Kier alpha value is -1.94. The van der Waals surface area contributed by atoms with Gasteiger partial charge in [0, 0.05) is 18.3 Å². The molecule has 0 fully saturated rings. The van der Waals surface area contributed by atoms with E-state index in [0.29, 0.717) is 12.2 Å². The van der Waals surface area contributed by atoms with Gasteiger partial charge in [-0.2, -0.15) is 0 Å². The number of rotatable bonds is 3. The Morgan fingerprint density at radius 1 is 1.19 bits per heavy atom. The first kappa shape index (κ1) is 14.0. The molecule has 0 radical (unpaired) electrons. The van der Waals surface area contributed by atoms with Gasteiger partial charge in [0.1, 0.15) is 11.6 Å². The zero-order valence-electron chi connectivity index (χ0n) is 12.2. The molecule has 0 bridgehead atoms. The van der Waals surface area contributed by atoms with E-state index in [0.717, 1.165) is 23.2 Å². The first-order valence-corrected chi connectivity index (χ1v) is 7.13. The zero-order chi connectivity index (χ0) is 15.0. The van der Waals surface area contributed by atoms with E-state index in [1.807, 2.05) is 24.9 Å². The molecular formula is C17H18F2N2. The fraction of sp³-hybridized carbons (Fsp3) is 0.294. The Morgan fingerprint density at radius 3 is 2.76 bits per heavy atom. The van der Waals surface area contributed by atoms with E-state index in [4.69, 9.17) is 0 Å². The molecule has 0 saturated carbocycles. The number of hydrogen-bond donors (Lipinski definition) is 1. The number of nitrogens with one attached hydrogen (secondary N) is 1. The van der Waals surface area contributed by atoms with Crippen LogP contribution in [0, 0.1) is 11.6 Å². The van der Waals surface area contributed by atoms with Gasteiger partial charge in [0.25, 0.3) is 0 Å². The number of fused-ring (bicyclic) bond motifs is 1. The maximum Gasteiger partial charge on any atom is 0.147 e. The maximum atomic E-state index is 14.4. The van der Waals surface area contributed by atoms with Gasteiger partial charge >= 0.3 is 0 Å². The Balaban J connectivity index is 2.13. The second kappa shape index (κ2) is 5.45. The summed E-state index contributed by atoms with van der Waals surface area (Å²) in [5.41, 5.74) is 3.26. The number of hydrogen-bond acceptors (Lipinski definition) is 2. The molecule has 1 heterocycles. The quantitative estimate of drug-likeness (QED) is 0.920. The third kappa shape index (κ3) is 2.40. The van der Waals surface area contributed by atoms with Crippen LogP contribution in [-0.4, -0.2) is 13.6 Å². The van der Waals surface area contributed by atoms with Gasteiger partial charge in [-0.15, -0.1) is 0 Å².